The zero-order chi connectivity index (χ0) is 15.4. The minimum Gasteiger partial charge on any atom is -0.497 e. The van der Waals surface area contributed by atoms with Crippen molar-refractivity contribution in [2.75, 3.05) is 7.11 Å². The number of nitro benzene ring substituents is 1. The quantitative estimate of drug-likeness (QED) is 0.678. The van der Waals surface area contributed by atoms with Crippen LogP contribution in [0.15, 0.2) is 42.5 Å². The van der Waals surface area contributed by atoms with E-state index in [-0.39, 0.29) is 5.69 Å². The number of hydrogen-bond acceptors (Lipinski definition) is 4. The van der Waals surface area contributed by atoms with E-state index in [1.807, 2.05) is 0 Å². The van der Waals surface area contributed by atoms with Crippen molar-refractivity contribution in [3.8, 4) is 5.75 Å². The molecule has 0 amide bonds. The summed E-state index contributed by atoms with van der Waals surface area (Å²) < 4.78 is 18.8. The van der Waals surface area contributed by atoms with Crippen molar-refractivity contribution >= 4 is 5.69 Å². The number of methoxy groups -OCH3 is 1. The van der Waals surface area contributed by atoms with E-state index in [0.717, 1.165) is 5.56 Å². The van der Waals surface area contributed by atoms with Gasteiger partial charge < -0.3 is 10.5 Å². The van der Waals surface area contributed by atoms with E-state index in [1.54, 1.807) is 24.3 Å². The van der Waals surface area contributed by atoms with Crippen molar-refractivity contribution in [1.29, 1.82) is 0 Å². The SMILES string of the molecule is COc1ccc(C(N)Cc2ccc([N+](=O)[O-])cc2)c(F)c1. The van der Waals surface area contributed by atoms with Crippen molar-refractivity contribution in [2.45, 2.75) is 12.5 Å². The average Bonchev–Trinajstić information content (AvgIpc) is 2.47. The Morgan fingerprint density at radius 3 is 2.48 bits per heavy atom. The van der Waals surface area contributed by atoms with Gasteiger partial charge in [-0.2, -0.15) is 0 Å². The molecule has 1 unspecified atom stereocenters. The Labute approximate surface area is 121 Å². The Morgan fingerprint density at radius 1 is 1.29 bits per heavy atom. The maximum Gasteiger partial charge on any atom is 0.269 e. The summed E-state index contributed by atoms with van der Waals surface area (Å²) in [6, 6.07) is 10.1. The maximum absolute atomic E-state index is 13.9. The van der Waals surface area contributed by atoms with Gasteiger partial charge in [0.1, 0.15) is 11.6 Å². The highest BCUT2D eigenvalue weighted by Crippen LogP contribution is 2.23. The van der Waals surface area contributed by atoms with Crippen LogP contribution in [0.3, 0.4) is 0 Å². The van der Waals surface area contributed by atoms with Gasteiger partial charge in [-0.05, 0) is 18.1 Å². The molecule has 0 saturated carbocycles. The van der Waals surface area contributed by atoms with Gasteiger partial charge in [0.2, 0.25) is 0 Å². The lowest BCUT2D eigenvalue weighted by Crippen LogP contribution is -2.15. The van der Waals surface area contributed by atoms with Crippen molar-refractivity contribution in [3.05, 3.63) is 69.5 Å². The standard InChI is InChI=1S/C15H15FN2O3/c1-21-12-6-7-13(14(16)9-12)15(17)8-10-2-4-11(5-3-10)18(19)20/h2-7,9,15H,8,17H2,1H3. The molecular formula is C15H15FN2O3. The van der Waals surface area contributed by atoms with Crippen LogP contribution in [0.2, 0.25) is 0 Å². The van der Waals surface area contributed by atoms with Crippen molar-refractivity contribution in [1.82, 2.24) is 0 Å². The molecular weight excluding hydrogens is 275 g/mol. The maximum atomic E-state index is 13.9. The van der Waals surface area contributed by atoms with Gasteiger partial charge in [0.05, 0.1) is 12.0 Å². The molecule has 0 aliphatic carbocycles. The van der Waals surface area contributed by atoms with E-state index in [0.29, 0.717) is 17.7 Å². The first kappa shape index (κ1) is 14.9. The number of nitro groups is 1. The highest BCUT2D eigenvalue weighted by Gasteiger charge is 2.14. The third kappa shape index (κ3) is 3.55. The monoisotopic (exact) mass is 290 g/mol. The van der Waals surface area contributed by atoms with Gasteiger partial charge in [-0.15, -0.1) is 0 Å². The van der Waals surface area contributed by atoms with Crippen LogP contribution in [0.25, 0.3) is 0 Å². The first-order valence-electron chi connectivity index (χ1n) is 6.33. The average molecular weight is 290 g/mol. The largest absolute Gasteiger partial charge is 0.497 e. The molecule has 2 N–H and O–H groups in total. The van der Waals surface area contributed by atoms with Gasteiger partial charge in [0, 0.05) is 29.8 Å². The molecule has 0 fully saturated rings. The number of rotatable bonds is 5. The van der Waals surface area contributed by atoms with Crippen LogP contribution < -0.4 is 10.5 Å². The van der Waals surface area contributed by atoms with E-state index in [1.165, 1.54) is 25.3 Å². The summed E-state index contributed by atoms with van der Waals surface area (Å²) in [4.78, 5) is 10.1. The predicted octanol–water partition coefficient (Wildman–Crippen LogP) is 2.99. The molecule has 110 valence electrons. The molecule has 2 rings (SSSR count). The first-order valence-corrected chi connectivity index (χ1v) is 6.33. The van der Waals surface area contributed by atoms with Crippen LogP contribution in [-0.4, -0.2) is 12.0 Å². The Hall–Kier alpha value is -2.47. The lowest BCUT2D eigenvalue weighted by Gasteiger charge is -2.14. The number of nitrogens with two attached hydrogens (primary N) is 1. The van der Waals surface area contributed by atoms with Crippen LogP contribution in [0.5, 0.6) is 5.75 Å². The fourth-order valence-corrected chi connectivity index (χ4v) is 2.05. The van der Waals surface area contributed by atoms with Gasteiger partial charge >= 0.3 is 0 Å². The summed E-state index contributed by atoms with van der Waals surface area (Å²) in [6.45, 7) is 0. The molecule has 21 heavy (non-hydrogen) atoms. The van der Waals surface area contributed by atoms with Crippen molar-refractivity contribution in [3.63, 3.8) is 0 Å². The predicted molar refractivity (Wildman–Crippen MR) is 76.7 cm³/mol. The summed E-state index contributed by atoms with van der Waals surface area (Å²) >= 11 is 0. The van der Waals surface area contributed by atoms with Crippen molar-refractivity contribution < 1.29 is 14.1 Å². The molecule has 2 aromatic carbocycles. The third-order valence-electron chi connectivity index (χ3n) is 3.21. The van der Waals surface area contributed by atoms with Crippen LogP contribution >= 0.6 is 0 Å². The summed E-state index contributed by atoms with van der Waals surface area (Å²) in [6.07, 6.45) is 0.390. The number of ether oxygens (including phenoxy) is 1. The molecule has 0 bridgehead atoms. The van der Waals surface area contributed by atoms with E-state index >= 15 is 0 Å². The highest BCUT2D eigenvalue weighted by atomic mass is 19.1. The minimum absolute atomic E-state index is 0.0166. The minimum atomic E-state index is -0.530. The Bertz CT molecular complexity index is 644. The first-order chi connectivity index (χ1) is 10.0. The van der Waals surface area contributed by atoms with Gasteiger partial charge in [-0.1, -0.05) is 18.2 Å². The summed E-state index contributed by atoms with van der Waals surface area (Å²) in [5, 5.41) is 10.6. The summed E-state index contributed by atoms with van der Waals surface area (Å²) in [5.74, 6) is 0.00236. The van der Waals surface area contributed by atoms with Crippen LogP contribution in [-0.2, 0) is 6.42 Å². The van der Waals surface area contributed by atoms with Crippen molar-refractivity contribution in [2.24, 2.45) is 5.73 Å². The zero-order valence-corrected chi connectivity index (χ0v) is 11.5. The van der Waals surface area contributed by atoms with Gasteiger partial charge in [-0.25, -0.2) is 4.39 Å². The fraction of sp³-hybridized carbons (Fsp3) is 0.200. The second-order valence-electron chi connectivity index (χ2n) is 4.62. The normalized spacial score (nSPS) is 12.0. The smallest absolute Gasteiger partial charge is 0.269 e. The van der Waals surface area contributed by atoms with E-state index in [2.05, 4.69) is 0 Å². The van der Waals surface area contributed by atoms with Gasteiger partial charge in [0.25, 0.3) is 5.69 Å². The molecule has 0 saturated heterocycles. The summed E-state index contributed by atoms with van der Waals surface area (Å²) in [7, 11) is 1.46. The van der Waals surface area contributed by atoms with E-state index < -0.39 is 16.8 Å². The molecule has 0 radical (unpaired) electrons. The molecule has 0 heterocycles. The number of hydrogen-bond donors (Lipinski definition) is 1. The number of nitrogens with zero attached hydrogens (tertiary/aromatic N) is 1. The molecule has 6 heteroatoms. The van der Waals surface area contributed by atoms with E-state index in [4.69, 9.17) is 10.5 Å². The Kier molecular flexibility index (Phi) is 4.49. The van der Waals surface area contributed by atoms with Gasteiger partial charge in [0.15, 0.2) is 0 Å². The summed E-state index contributed by atoms with van der Waals surface area (Å²) in [5.41, 5.74) is 7.21. The molecule has 0 aromatic heterocycles. The van der Waals surface area contributed by atoms with Crippen LogP contribution in [0.1, 0.15) is 17.2 Å². The fourth-order valence-electron chi connectivity index (χ4n) is 2.05. The number of non-ortho nitro benzene ring substituents is 1. The number of halogens is 1. The second kappa shape index (κ2) is 6.32. The molecule has 0 spiro atoms. The topological polar surface area (TPSA) is 78.4 Å². The lowest BCUT2D eigenvalue weighted by atomic mass is 9.99. The lowest BCUT2D eigenvalue weighted by molar-refractivity contribution is -0.384. The second-order valence-corrected chi connectivity index (χ2v) is 4.62. The Balaban J connectivity index is 2.13. The van der Waals surface area contributed by atoms with Crippen LogP contribution in [0.4, 0.5) is 10.1 Å². The molecule has 5 nitrogen and oxygen atoms in total. The molecule has 2 aromatic rings. The van der Waals surface area contributed by atoms with E-state index in [9.17, 15) is 14.5 Å². The Morgan fingerprint density at radius 2 is 1.95 bits per heavy atom. The van der Waals surface area contributed by atoms with Gasteiger partial charge in [-0.3, -0.25) is 10.1 Å². The van der Waals surface area contributed by atoms with Crippen LogP contribution in [0, 0.1) is 15.9 Å². The number of benzene rings is 2. The molecule has 1 atom stereocenters. The molecule has 0 aliphatic rings. The zero-order valence-electron chi connectivity index (χ0n) is 11.5. The third-order valence-corrected chi connectivity index (χ3v) is 3.21. The highest BCUT2D eigenvalue weighted by molar-refractivity contribution is 5.35. The molecule has 0 aliphatic heterocycles.